The molecular weight excluding hydrogens is 330 g/mol. The van der Waals surface area contributed by atoms with Crippen molar-refractivity contribution in [3.05, 3.63) is 22.1 Å². The predicted octanol–water partition coefficient (Wildman–Crippen LogP) is 1.52. The Labute approximate surface area is 146 Å². The van der Waals surface area contributed by atoms with Crippen molar-refractivity contribution in [1.29, 1.82) is 0 Å². The molecule has 0 spiro atoms. The van der Waals surface area contributed by atoms with Crippen LogP contribution < -0.4 is 10.9 Å². The van der Waals surface area contributed by atoms with Gasteiger partial charge in [0.1, 0.15) is 6.04 Å². The number of aryl methyl sites for hydroxylation is 1. The van der Waals surface area contributed by atoms with Crippen molar-refractivity contribution in [2.75, 3.05) is 12.9 Å². The van der Waals surface area contributed by atoms with E-state index in [-0.39, 0.29) is 23.1 Å². The molecule has 0 aliphatic carbocycles. The third kappa shape index (κ3) is 6.35. The Bertz CT molecular complexity index is 618. The van der Waals surface area contributed by atoms with Gasteiger partial charge in [-0.25, -0.2) is 9.78 Å². The maximum absolute atomic E-state index is 12.1. The van der Waals surface area contributed by atoms with Crippen molar-refractivity contribution >= 4 is 23.6 Å². The summed E-state index contributed by atoms with van der Waals surface area (Å²) in [5.41, 5.74) is 0.472. The van der Waals surface area contributed by atoms with E-state index in [1.165, 1.54) is 13.2 Å². The second-order valence-electron chi connectivity index (χ2n) is 5.53. The van der Waals surface area contributed by atoms with E-state index in [1.807, 2.05) is 20.8 Å². The molecule has 1 aromatic heterocycles. The standard InChI is InChI=1S/C16H25N3O4S/c1-5-7-11-8-12(20)19-16(17-11)24-9-13(21)18-14(10(3)6-2)15(22)23-4/h8,10,14H,5-7,9H2,1-4H3,(H,18,21)(H,17,19,20)/t10-,14-/m1/s1. The highest BCUT2D eigenvalue weighted by Gasteiger charge is 2.26. The van der Waals surface area contributed by atoms with E-state index in [0.717, 1.165) is 24.6 Å². The number of carbonyl (C=O) groups is 2. The summed E-state index contributed by atoms with van der Waals surface area (Å²) in [5, 5.41) is 3.09. The van der Waals surface area contributed by atoms with Crippen LogP contribution in [0.1, 0.15) is 39.3 Å². The van der Waals surface area contributed by atoms with Crippen molar-refractivity contribution < 1.29 is 14.3 Å². The number of aromatic nitrogens is 2. The lowest BCUT2D eigenvalue weighted by molar-refractivity contribution is -0.146. The van der Waals surface area contributed by atoms with Gasteiger partial charge in [0.2, 0.25) is 5.91 Å². The second-order valence-corrected chi connectivity index (χ2v) is 6.50. The maximum Gasteiger partial charge on any atom is 0.328 e. The van der Waals surface area contributed by atoms with Gasteiger partial charge in [-0.2, -0.15) is 0 Å². The van der Waals surface area contributed by atoms with Gasteiger partial charge in [0.05, 0.1) is 12.9 Å². The summed E-state index contributed by atoms with van der Waals surface area (Å²) in [4.78, 5) is 42.4. The quantitative estimate of drug-likeness (QED) is 0.396. The Kier molecular flexibility index (Phi) is 8.53. The summed E-state index contributed by atoms with van der Waals surface area (Å²) in [7, 11) is 1.30. The molecule has 0 radical (unpaired) electrons. The van der Waals surface area contributed by atoms with Gasteiger partial charge >= 0.3 is 5.97 Å². The van der Waals surface area contributed by atoms with Crippen LogP contribution in [0.15, 0.2) is 16.0 Å². The highest BCUT2D eigenvalue weighted by Crippen LogP contribution is 2.13. The summed E-state index contributed by atoms with van der Waals surface area (Å²) in [6, 6.07) is 0.788. The van der Waals surface area contributed by atoms with Crippen molar-refractivity contribution in [2.24, 2.45) is 5.92 Å². The van der Waals surface area contributed by atoms with Crippen LogP contribution in [0.25, 0.3) is 0 Å². The number of nitrogens with one attached hydrogen (secondary N) is 2. The number of rotatable bonds is 9. The number of ether oxygens (including phenoxy) is 1. The Morgan fingerprint density at radius 3 is 2.71 bits per heavy atom. The second kappa shape index (κ2) is 10.1. The number of aromatic amines is 1. The lowest BCUT2D eigenvalue weighted by Crippen LogP contribution is -2.46. The Morgan fingerprint density at radius 2 is 2.12 bits per heavy atom. The van der Waals surface area contributed by atoms with Crippen LogP contribution in [-0.4, -0.2) is 40.7 Å². The molecule has 1 amide bonds. The Morgan fingerprint density at radius 1 is 1.42 bits per heavy atom. The monoisotopic (exact) mass is 355 g/mol. The summed E-state index contributed by atoms with van der Waals surface area (Å²) >= 11 is 1.13. The van der Waals surface area contributed by atoms with Gasteiger partial charge in [-0.05, 0) is 12.3 Å². The fourth-order valence-electron chi connectivity index (χ4n) is 2.08. The van der Waals surface area contributed by atoms with Crippen LogP contribution in [0.2, 0.25) is 0 Å². The molecule has 0 saturated carbocycles. The van der Waals surface area contributed by atoms with E-state index in [1.54, 1.807) is 0 Å². The minimum Gasteiger partial charge on any atom is -0.467 e. The normalized spacial score (nSPS) is 13.2. The average molecular weight is 355 g/mol. The molecule has 0 unspecified atom stereocenters. The van der Waals surface area contributed by atoms with Gasteiger partial charge in [0, 0.05) is 11.8 Å². The molecular formula is C16H25N3O4S. The first-order valence-electron chi connectivity index (χ1n) is 8.01. The topological polar surface area (TPSA) is 101 Å². The zero-order valence-electron chi connectivity index (χ0n) is 14.5. The Balaban J connectivity index is 2.68. The number of methoxy groups -OCH3 is 1. The fraction of sp³-hybridized carbons (Fsp3) is 0.625. The first-order valence-corrected chi connectivity index (χ1v) is 9.00. The predicted molar refractivity (Wildman–Crippen MR) is 93.0 cm³/mol. The number of hydrogen-bond donors (Lipinski definition) is 2. The van der Waals surface area contributed by atoms with Crippen molar-refractivity contribution in [2.45, 2.75) is 51.2 Å². The SMILES string of the molecule is CCCc1cc(=O)[nH]c(SCC(=O)N[C@@H](C(=O)OC)[C@H](C)CC)n1. The molecule has 24 heavy (non-hydrogen) atoms. The van der Waals surface area contributed by atoms with Crippen LogP contribution in [0.4, 0.5) is 0 Å². The molecule has 0 aliphatic heterocycles. The fourth-order valence-corrected chi connectivity index (χ4v) is 2.79. The van der Waals surface area contributed by atoms with Crippen LogP contribution in [-0.2, 0) is 20.7 Å². The van der Waals surface area contributed by atoms with Crippen molar-refractivity contribution in [3.8, 4) is 0 Å². The third-order valence-corrected chi connectivity index (χ3v) is 4.48. The largest absolute Gasteiger partial charge is 0.467 e. The number of esters is 1. The smallest absolute Gasteiger partial charge is 0.328 e. The van der Waals surface area contributed by atoms with Gasteiger partial charge in [-0.15, -0.1) is 0 Å². The minimum absolute atomic E-state index is 0.0304. The van der Waals surface area contributed by atoms with Crippen molar-refractivity contribution in [3.63, 3.8) is 0 Å². The van der Waals surface area contributed by atoms with Gasteiger partial charge in [0.25, 0.3) is 5.56 Å². The molecule has 0 saturated heterocycles. The summed E-state index contributed by atoms with van der Waals surface area (Å²) in [6.07, 6.45) is 2.33. The lowest BCUT2D eigenvalue weighted by atomic mass is 9.99. The summed E-state index contributed by atoms with van der Waals surface area (Å²) < 4.78 is 4.74. The molecule has 1 heterocycles. The van der Waals surface area contributed by atoms with Gasteiger partial charge in [-0.1, -0.05) is 45.4 Å². The lowest BCUT2D eigenvalue weighted by Gasteiger charge is -2.21. The number of amides is 1. The van der Waals surface area contributed by atoms with Crippen LogP contribution in [0, 0.1) is 5.92 Å². The van der Waals surface area contributed by atoms with E-state index in [9.17, 15) is 14.4 Å². The average Bonchev–Trinajstić information content (AvgIpc) is 2.56. The highest BCUT2D eigenvalue weighted by atomic mass is 32.2. The van der Waals surface area contributed by atoms with Crippen molar-refractivity contribution in [1.82, 2.24) is 15.3 Å². The zero-order valence-corrected chi connectivity index (χ0v) is 15.4. The minimum atomic E-state index is -0.675. The number of thioether (sulfide) groups is 1. The number of H-pyrrole nitrogens is 1. The van der Waals surface area contributed by atoms with Crippen LogP contribution in [0.3, 0.4) is 0 Å². The van der Waals surface area contributed by atoms with E-state index in [4.69, 9.17) is 4.74 Å². The van der Waals surface area contributed by atoms with Crippen LogP contribution in [0.5, 0.6) is 0 Å². The molecule has 134 valence electrons. The molecule has 2 N–H and O–H groups in total. The van der Waals surface area contributed by atoms with E-state index >= 15 is 0 Å². The van der Waals surface area contributed by atoms with Gasteiger partial charge in [0.15, 0.2) is 5.16 Å². The third-order valence-electron chi connectivity index (χ3n) is 3.60. The molecule has 0 aromatic carbocycles. The first kappa shape index (κ1) is 20.2. The number of nitrogens with zero attached hydrogens (tertiary/aromatic N) is 1. The van der Waals surface area contributed by atoms with Crippen LogP contribution >= 0.6 is 11.8 Å². The van der Waals surface area contributed by atoms with Gasteiger partial charge in [-0.3, -0.25) is 9.59 Å². The van der Waals surface area contributed by atoms with E-state index in [0.29, 0.717) is 17.3 Å². The highest BCUT2D eigenvalue weighted by molar-refractivity contribution is 7.99. The molecule has 0 bridgehead atoms. The summed E-state index contributed by atoms with van der Waals surface area (Å²) in [6.45, 7) is 5.82. The molecule has 8 heteroatoms. The van der Waals surface area contributed by atoms with E-state index < -0.39 is 12.0 Å². The molecule has 1 aromatic rings. The molecule has 2 atom stereocenters. The van der Waals surface area contributed by atoms with E-state index in [2.05, 4.69) is 15.3 Å². The Hall–Kier alpha value is -1.83. The number of hydrogen-bond acceptors (Lipinski definition) is 6. The molecule has 7 nitrogen and oxygen atoms in total. The number of carbonyl (C=O) groups excluding carboxylic acids is 2. The zero-order chi connectivity index (χ0) is 18.1. The molecule has 1 rings (SSSR count). The molecule has 0 fully saturated rings. The summed E-state index contributed by atoms with van der Waals surface area (Å²) in [5.74, 6) is -0.738. The maximum atomic E-state index is 12.1. The molecule has 0 aliphatic rings. The first-order chi connectivity index (χ1) is 11.4. The van der Waals surface area contributed by atoms with Gasteiger partial charge < -0.3 is 15.0 Å².